The Morgan fingerprint density at radius 3 is 1.89 bits per heavy atom. The molecule has 0 saturated heterocycles. The van der Waals surface area contributed by atoms with Crippen LogP contribution in [0, 0.1) is 0 Å². The Bertz CT molecular complexity index is 3270. The summed E-state index contributed by atoms with van der Waals surface area (Å²) < 4.78 is 9.47. The third-order valence-electron chi connectivity index (χ3n) is 12.1. The standard InChI is InChI=1S/C53H33NO/c1-3-16-37(17-4-1)53(38-18-5-2-6-19-38)47-24-11-9-20-41(47)45-32-46-44-23-13-22-40(52(44)55-51(46)33-48(45)53)36-27-29-43-42-21-10-12-25-49(42)54(50(43)31-36)39-28-26-34-14-7-8-15-35(34)30-39/h1-33H. The second-order valence-electron chi connectivity index (χ2n) is 14.8. The highest BCUT2D eigenvalue weighted by molar-refractivity contribution is 6.14. The van der Waals surface area contributed by atoms with Crippen molar-refractivity contribution in [1.82, 2.24) is 4.57 Å². The van der Waals surface area contributed by atoms with E-state index in [0.29, 0.717) is 0 Å². The van der Waals surface area contributed by atoms with Gasteiger partial charge in [0.05, 0.1) is 16.4 Å². The highest BCUT2D eigenvalue weighted by atomic mass is 16.3. The van der Waals surface area contributed by atoms with Crippen molar-refractivity contribution < 1.29 is 4.42 Å². The van der Waals surface area contributed by atoms with Crippen molar-refractivity contribution in [2.75, 3.05) is 0 Å². The molecule has 256 valence electrons. The fourth-order valence-corrected chi connectivity index (χ4v) is 9.69. The number of nitrogens with zero attached hydrogens (tertiary/aromatic N) is 1. The van der Waals surface area contributed by atoms with E-state index in [4.69, 9.17) is 4.42 Å². The molecule has 0 spiro atoms. The summed E-state index contributed by atoms with van der Waals surface area (Å²) in [6, 6.07) is 73.1. The van der Waals surface area contributed by atoms with Crippen LogP contribution in [-0.2, 0) is 5.41 Å². The normalized spacial score (nSPS) is 13.2. The Hall–Kier alpha value is -7.16. The minimum atomic E-state index is -0.481. The van der Waals surface area contributed by atoms with Crippen molar-refractivity contribution in [3.05, 3.63) is 222 Å². The van der Waals surface area contributed by atoms with Gasteiger partial charge in [0, 0.05) is 32.8 Å². The average Bonchev–Trinajstić information content (AvgIpc) is 3.89. The molecule has 0 atom stereocenters. The molecule has 2 heteroatoms. The molecule has 1 aliphatic carbocycles. The Morgan fingerprint density at radius 2 is 1.05 bits per heavy atom. The predicted octanol–water partition coefficient (Wildman–Crippen LogP) is 13.9. The van der Waals surface area contributed by atoms with Crippen molar-refractivity contribution >= 4 is 54.5 Å². The Labute approximate surface area is 318 Å². The lowest BCUT2D eigenvalue weighted by molar-refractivity contribution is 0.667. The van der Waals surface area contributed by atoms with E-state index >= 15 is 0 Å². The van der Waals surface area contributed by atoms with Crippen LogP contribution in [0.15, 0.2) is 205 Å². The molecule has 0 N–H and O–H groups in total. The van der Waals surface area contributed by atoms with Gasteiger partial charge in [0.25, 0.3) is 0 Å². The molecular weight excluding hydrogens is 667 g/mol. The third kappa shape index (κ3) is 4.19. The fraction of sp³-hybridized carbons (Fsp3) is 0.0189. The van der Waals surface area contributed by atoms with Gasteiger partial charge in [0.2, 0.25) is 0 Å². The minimum Gasteiger partial charge on any atom is -0.455 e. The number of aromatic nitrogens is 1. The summed E-state index contributed by atoms with van der Waals surface area (Å²) in [4.78, 5) is 0. The molecule has 55 heavy (non-hydrogen) atoms. The minimum absolute atomic E-state index is 0.481. The van der Waals surface area contributed by atoms with E-state index in [1.807, 2.05) is 0 Å². The van der Waals surface area contributed by atoms with Gasteiger partial charge in [0.1, 0.15) is 11.2 Å². The van der Waals surface area contributed by atoms with E-state index in [1.54, 1.807) is 0 Å². The van der Waals surface area contributed by atoms with E-state index in [0.717, 1.165) is 38.8 Å². The van der Waals surface area contributed by atoms with E-state index in [2.05, 4.69) is 205 Å². The van der Waals surface area contributed by atoms with Crippen LogP contribution in [0.25, 0.3) is 82.5 Å². The van der Waals surface area contributed by atoms with Gasteiger partial charge in [-0.1, -0.05) is 164 Å². The predicted molar refractivity (Wildman–Crippen MR) is 228 cm³/mol. The fourth-order valence-electron chi connectivity index (χ4n) is 9.69. The molecule has 0 saturated carbocycles. The first-order valence-electron chi connectivity index (χ1n) is 19.0. The average molecular weight is 700 g/mol. The lowest BCUT2D eigenvalue weighted by Crippen LogP contribution is -2.28. The second kappa shape index (κ2) is 11.4. The number of para-hydroxylation sites is 2. The number of hydrogen-bond donors (Lipinski definition) is 0. The summed E-state index contributed by atoms with van der Waals surface area (Å²) in [6.07, 6.45) is 0. The summed E-state index contributed by atoms with van der Waals surface area (Å²) in [6.45, 7) is 0. The summed E-state index contributed by atoms with van der Waals surface area (Å²) in [5, 5.41) is 7.20. The first-order chi connectivity index (χ1) is 27.3. The van der Waals surface area contributed by atoms with Crippen LogP contribution < -0.4 is 0 Å². The molecule has 9 aromatic carbocycles. The SMILES string of the molecule is c1ccc(C2(c3ccccc3)c3ccccc3-c3cc4c(cc32)oc2c(-c3ccc5c6ccccc6n(-c6ccc7ccccc7c6)c5c3)cccc24)cc1. The van der Waals surface area contributed by atoms with Crippen LogP contribution in [0.5, 0.6) is 0 Å². The monoisotopic (exact) mass is 699 g/mol. The largest absolute Gasteiger partial charge is 0.455 e. The maximum Gasteiger partial charge on any atom is 0.143 e. The molecule has 0 bridgehead atoms. The lowest BCUT2D eigenvalue weighted by atomic mass is 9.67. The highest BCUT2D eigenvalue weighted by Gasteiger charge is 2.46. The Morgan fingerprint density at radius 1 is 0.382 bits per heavy atom. The van der Waals surface area contributed by atoms with Gasteiger partial charge < -0.3 is 8.98 Å². The molecule has 2 heterocycles. The zero-order valence-electron chi connectivity index (χ0n) is 29.9. The van der Waals surface area contributed by atoms with Crippen molar-refractivity contribution in [2.24, 2.45) is 0 Å². The maximum atomic E-state index is 7.05. The van der Waals surface area contributed by atoms with Crippen LogP contribution in [0.1, 0.15) is 22.3 Å². The smallest absolute Gasteiger partial charge is 0.143 e. The third-order valence-corrected chi connectivity index (χ3v) is 12.1. The van der Waals surface area contributed by atoms with Gasteiger partial charge in [-0.05, 0) is 86.1 Å². The number of hydrogen-bond acceptors (Lipinski definition) is 1. The van der Waals surface area contributed by atoms with E-state index in [9.17, 15) is 0 Å². The Balaban J connectivity index is 1.10. The number of rotatable bonds is 4. The van der Waals surface area contributed by atoms with Crippen LogP contribution in [-0.4, -0.2) is 4.57 Å². The van der Waals surface area contributed by atoms with Crippen LogP contribution >= 0.6 is 0 Å². The van der Waals surface area contributed by atoms with E-state index in [-0.39, 0.29) is 0 Å². The zero-order valence-corrected chi connectivity index (χ0v) is 29.9. The van der Waals surface area contributed by atoms with Crippen molar-refractivity contribution in [3.8, 4) is 27.9 Å². The molecule has 11 aromatic rings. The van der Waals surface area contributed by atoms with Gasteiger partial charge in [-0.2, -0.15) is 0 Å². The van der Waals surface area contributed by atoms with Gasteiger partial charge >= 0.3 is 0 Å². The quantitative estimate of drug-likeness (QED) is 0.179. The first-order valence-corrected chi connectivity index (χ1v) is 19.0. The molecule has 2 aromatic heterocycles. The molecule has 0 amide bonds. The van der Waals surface area contributed by atoms with Gasteiger partial charge in [-0.3, -0.25) is 0 Å². The topological polar surface area (TPSA) is 18.1 Å². The first kappa shape index (κ1) is 30.3. The van der Waals surface area contributed by atoms with E-state index in [1.165, 1.54) is 66.0 Å². The molecule has 1 aliphatic rings. The zero-order chi connectivity index (χ0) is 36.1. The lowest BCUT2D eigenvalue weighted by Gasteiger charge is -2.33. The molecule has 2 nitrogen and oxygen atoms in total. The maximum absolute atomic E-state index is 7.05. The summed E-state index contributed by atoms with van der Waals surface area (Å²) in [7, 11) is 0. The molecule has 0 radical (unpaired) electrons. The number of benzene rings is 9. The van der Waals surface area contributed by atoms with Crippen LogP contribution in [0.2, 0.25) is 0 Å². The van der Waals surface area contributed by atoms with Gasteiger partial charge in [-0.15, -0.1) is 0 Å². The molecule has 0 unspecified atom stereocenters. The van der Waals surface area contributed by atoms with Gasteiger partial charge in [-0.25, -0.2) is 0 Å². The molecular formula is C53H33NO. The molecule has 12 rings (SSSR count). The van der Waals surface area contributed by atoms with Crippen molar-refractivity contribution in [1.29, 1.82) is 0 Å². The van der Waals surface area contributed by atoms with Crippen LogP contribution in [0.3, 0.4) is 0 Å². The second-order valence-corrected chi connectivity index (χ2v) is 14.8. The summed E-state index contributed by atoms with van der Waals surface area (Å²) in [5.41, 5.74) is 14.6. The molecule has 0 aliphatic heterocycles. The molecule has 0 fully saturated rings. The van der Waals surface area contributed by atoms with Gasteiger partial charge in [0.15, 0.2) is 0 Å². The Kier molecular flexibility index (Phi) is 6.29. The highest BCUT2D eigenvalue weighted by Crippen LogP contribution is 2.57. The summed E-state index contributed by atoms with van der Waals surface area (Å²) >= 11 is 0. The van der Waals surface area contributed by atoms with Crippen molar-refractivity contribution in [2.45, 2.75) is 5.41 Å². The van der Waals surface area contributed by atoms with Crippen LogP contribution in [0.4, 0.5) is 0 Å². The van der Waals surface area contributed by atoms with E-state index < -0.39 is 5.41 Å². The number of furan rings is 1. The summed E-state index contributed by atoms with van der Waals surface area (Å²) in [5.74, 6) is 0. The number of fused-ring (bicyclic) bond motifs is 10. The van der Waals surface area contributed by atoms with Crippen molar-refractivity contribution in [3.63, 3.8) is 0 Å².